The number of piperidine rings is 1. The Morgan fingerprint density at radius 3 is 2.83 bits per heavy atom. The van der Waals surface area contributed by atoms with Crippen molar-refractivity contribution in [3.8, 4) is 11.1 Å². The van der Waals surface area contributed by atoms with E-state index in [4.69, 9.17) is 4.74 Å². The Bertz CT molecular complexity index is 1050. The van der Waals surface area contributed by atoms with E-state index in [2.05, 4.69) is 15.3 Å². The number of fused-ring (bicyclic) bond motifs is 1. The minimum Gasteiger partial charge on any atom is -0.466 e. The molecule has 3 heterocycles. The first kappa shape index (κ1) is 19.0. The number of aromatic nitrogens is 4. The topological polar surface area (TPSA) is 89.7 Å². The van der Waals surface area contributed by atoms with E-state index in [9.17, 15) is 14.0 Å². The third-order valence-corrected chi connectivity index (χ3v) is 4.97. The molecular formula is C20H20FN5O3. The summed E-state index contributed by atoms with van der Waals surface area (Å²) in [5.74, 6) is -1.24. The summed E-state index contributed by atoms with van der Waals surface area (Å²) in [5.41, 5.74) is 2.00. The van der Waals surface area contributed by atoms with Crippen LogP contribution in [0, 0.1) is 11.7 Å². The standard InChI is InChI=1S/C20H20FN5O3/c1-2-29-20(28)14-4-3-9-25(11-14)19(27)17-10-16(13-5-7-15(21)8-6-13)18-23-22-12-26(18)24-17/h5-8,10,12,14H,2-4,9,11H2,1H3. The van der Waals surface area contributed by atoms with E-state index >= 15 is 0 Å². The number of rotatable bonds is 4. The quantitative estimate of drug-likeness (QED) is 0.628. The summed E-state index contributed by atoms with van der Waals surface area (Å²) in [7, 11) is 0. The molecule has 1 aromatic carbocycles. The minimum atomic E-state index is -0.352. The molecule has 1 amide bonds. The molecule has 1 unspecified atom stereocenters. The first-order valence-electron chi connectivity index (χ1n) is 9.49. The van der Waals surface area contributed by atoms with Crippen LogP contribution in [0.5, 0.6) is 0 Å². The zero-order valence-corrected chi connectivity index (χ0v) is 15.9. The van der Waals surface area contributed by atoms with E-state index in [-0.39, 0.29) is 29.3 Å². The fraction of sp³-hybridized carbons (Fsp3) is 0.350. The summed E-state index contributed by atoms with van der Waals surface area (Å²) >= 11 is 0. The van der Waals surface area contributed by atoms with Gasteiger partial charge in [-0.25, -0.2) is 4.39 Å². The number of carbonyl (C=O) groups excluding carboxylic acids is 2. The number of carbonyl (C=O) groups is 2. The van der Waals surface area contributed by atoms with Crippen LogP contribution < -0.4 is 0 Å². The molecule has 1 aliphatic rings. The zero-order chi connectivity index (χ0) is 20.4. The van der Waals surface area contributed by atoms with Crippen LogP contribution in [0.25, 0.3) is 16.8 Å². The lowest BCUT2D eigenvalue weighted by Crippen LogP contribution is -2.43. The van der Waals surface area contributed by atoms with Gasteiger partial charge in [-0.2, -0.15) is 9.61 Å². The first-order chi connectivity index (χ1) is 14.1. The SMILES string of the molecule is CCOC(=O)C1CCCN(C(=O)c2cc(-c3ccc(F)cc3)c3nncn3n2)C1. The Morgan fingerprint density at radius 2 is 2.07 bits per heavy atom. The molecule has 1 fully saturated rings. The fourth-order valence-electron chi connectivity index (χ4n) is 3.55. The van der Waals surface area contributed by atoms with E-state index < -0.39 is 0 Å². The smallest absolute Gasteiger partial charge is 0.310 e. The Morgan fingerprint density at radius 1 is 1.28 bits per heavy atom. The van der Waals surface area contributed by atoms with Crippen LogP contribution in [-0.2, 0) is 9.53 Å². The van der Waals surface area contributed by atoms with Crippen molar-refractivity contribution < 1.29 is 18.7 Å². The summed E-state index contributed by atoms with van der Waals surface area (Å²) in [4.78, 5) is 26.8. The molecular weight excluding hydrogens is 377 g/mol. The summed E-state index contributed by atoms with van der Waals surface area (Å²) in [6.45, 7) is 2.92. The van der Waals surface area contributed by atoms with Crippen LogP contribution in [0.1, 0.15) is 30.3 Å². The molecule has 0 radical (unpaired) electrons. The van der Waals surface area contributed by atoms with Crippen LogP contribution in [-0.4, -0.2) is 56.3 Å². The molecule has 0 spiro atoms. The summed E-state index contributed by atoms with van der Waals surface area (Å²) in [6, 6.07) is 7.56. The van der Waals surface area contributed by atoms with Gasteiger partial charge in [0.15, 0.2) is 5.65 Å². The van der Waals surface area contributed by atoms with Crippen LogP contribution in [0.3, 0.4) is 0 Å². The van der Waals surface area contributed by atoms with Crippen LogP contribution >= 0.6 is 0 Å². The van der Waals surface area contributed by atoms with E-state index in [1.54, 1.807) is 30.0 Å². The molecule has 4 rings (SSSR count). The highest BCUT2D eigenvalue weighted by Gasteiger charge is 2.31. The van der Waals surface area contributed by atoms with Crippen molar-refractivity contribution in [1.82, 2.24) is 24.7 Å². The Balaban J connectivity index is 1.66. The van der Waals surface area contributed by atoms with Crippen molar-refractivity contribution in [3.05, 3.63) is 48.2 Å². The highest BCUT2D eigenvalue weighted by atomic mass is 19.1. The molecule has 0 saturated carbocycles. The van der Waals surface area contributed by atoms with Crippen LogP contribution in [0.15, 0.2) is 36.7 Å². The van der Waals surface area contributed by atoms with Gasteiger partial charge in [0, 0.05) is 18.7 Å². The predicted molar refractivity (Wildman–Crippen MR) is 101 cm³/mol. The Kier molecular flexibility index (Phi) is 5.20. The fourth-order valence-corrected chi connectivity index (χ4v) is 3.55. The second kappa shape index (κ2) is 7.94. The van der Waals surface area contributed by atoms with Crippen LogP contribution in [0.4, 0.5) is 4.39 Å². The lowest BCUT2D eigenvalue weighted by Gasteiger charge is -2.31. The molecule has 1 atom stereocenters. The predicted octanol–water partition coefficient (Wildman–Crippen LogP) is 2.35. The average molecular weight is 397 g/mol. The Hall–Kier alpha value is -3.36. The largest absolute Gasteiger partial charge is 0.466 e. The number of ether oxygens (including phenoxy) is 1. The zero-order valence-electron chi connectivity index (χ0n) is 15.9. The molecule has 1 aliphatic heterocycles. The minimum absolute atomic E-state index is 0.209. The van der Waals surface area contributed by atoms with Gasteiger partial charge < -0.3 is 9.64 Å². The number of esters is 1. The maximum absolute atomic E-state index is 13.3. The monoisotopic (exact) mass is 397 g/mol. The normalized spacial score (nSPS) is 16.8. The van der Waals surface area contributed by atoms with Gasteiger partial charge in [0.25, 0.3) is 5.91 Å². The lowest BCUT2D eigenvalue weighted by atomic mass is 9.97. The third-order valence-electron chi connectivity index (χ3n) is 4.97. The average Bonchev–Trinajstić information content (AvgIpc) is 3.22. The van der Waals surface area contributed by atoms with Crippen molar-refractivity contribution in [2.75, 3.05) is 19.7 Å². The summed E-state index contributed by atoms with van der Waals surface area (Å²) in [5, 5.41) is 12.3. The molecule has 8 nitrogen and oxygen atoms in total. The molecule has 29 heavy (non-hydrogen) atoms. The molecule has 1 saturated heterocycles. The highest BCUT2D eigenvalue weighted by Crippen LogP contribution is 2.25. The number of halogens is 1. The molecule has 0 bridgehead atoms. The maximum Gasteiger partial charge on any atom is 0.310 e. The number of hydrogen-bond donors (Lipinski definition) is 0. The lowest BCUT2D eigenvalue weighted by molar-refractivity contribution is -0.149. The van der Waals surface area contributed by atoms with Gasteiger partial charge in [-0.05, 0) is 43.5 Å². The van der Waals surface area contributed by atoms with Crippen LogP contribution in [0.2, 0.25) is 0 Å². The summed E-state index contributed by atoms with van der Waals surface area (Å²) < 4.78 is 19.9. The van der Waals surface area contributed by atoms with Crippen molar-refractivity contribution in [1.29, 1.82) is 0 Å². The van der Waals surface area contributed by atoms with E-state index in [0.717, 1.165) is 6.42 Å². The third kappa shape index (κ3) is 3.80. The van der Waals surface area contributed by atoms with E-state index in [1.165, 1.54) is 23.0 Å². The van der Waals surface area contributed by atoms with Gasteiger partial charge in [0.2, 0.25) is 0 Å². The number of benzene rings is 1. The highest BCUT2D eigenvalue weighted by molar-refractivity contribution is 5.95. The van der Waals surface area contributed by atoms with Gasteiger partial charge in [0.1, 0.15) is 17.8 Å². The number of hydrogen-bond acceptors (Lipinski definition) is 6. The second-order valence-corrected chi connectivity index (χ2v) is 6.89. The van der Waals surface area contributed by atoms with E-state index in [0.29, 0.717) is 42.9 Å². The van der Waals surface area contributed by atoms with Crippen molar-refractivity contribution >= 4 is 17.5 Å². The van der Waals surface area contributed by atoms with Gasteiger partial charge >= 0.3 is 5.97 Å². The maximum atomic E-state index is 13.3. The second-order valence-electron chi connectivity index (χ2n) is 6.89. The summed E-state index contributed by atoms with van der Waals surface area (Å²) in [6.07, 6.45) is 2.83. The van der Waals surface area contributed by atoms with Crippen molar-refractivity contribution in [2.24, 2.45) is 5.92 Å². The van der Waals surface area contributed by atoms with Gasteiger partial charge in [-0.15, -0.1) is 10.2 Å². The first-order valence-corrected chi connectivity index (χ1v) is 9.49. The van der Waals surface area contributed by atoms with Crippen molar-refractivity contribution in [2.45, 2.75) is 19.8 Å². The van der Waals surface area contributed by atoms with Crippen molar-refractivity contribution in [3.63, 3.8) is 0 Å². The molecule has 150 valence electrons. The number of nitrogens with zero attached hydrogens (tertiary/aromatic N) is 5. The van der Waals surface area contributed by atoms with Gasteiger partial charge in [0.05, 0.1) is 12.5 Å². The molecule has 2 aromatic heterocycles. The van der Waals surface area contributed by atoms with Gasteiger partial charge in [-0.1, -0.05) is 12.1 Å². The molecule has 0 aliphatic carbocycles. The number of likely N-dealkylation sites (tertiary alicyclic amines) is 1. The molecule has 3 aromatic rings. The van der Waals surface area contributed by atoms with Gasteiger partial charge in [-0.3, -0.25) is 9.59 Å². The number of amides is 1. The molecule has 9 heteroatoms. The molecule has 0 N–H and O–H groups in total. The Labute approximate surface area is 166 Å². The van der Waals surface area contributed by atoms with E-state index in [1.807, 2.05) is 0 Å².